The van der Waals surface area contributed by atoms with Crippen LogP contribution in [0.5, 0.6) is 0 Å². The molecule has 1 fully saturated rings. The highest BCUT2D eigenvalue weighted by atomic mass is 16.5. The summed E-state index contributed by atoms with van der Waals surface area (Å²) < 4.78 is 21.3. The lowest BCUT2D eigenvalue weighted by Gasteiger charge is -2.31. The Bertz CT molecular complexity index is 1190. The van der Waals surface area contributed by atoms with Crippen molar-refractivity contribution in [1.82, 2.24) is 14.5 Å². The van der Waals surface area contributed by atoms with E-state index in [1.807, 2.05) is 18.7 Å². The number of methoxy groups -OCH3 is 1. The Balaban J connectivity index is 1.59. The van der Waals surface area contributed by atoms with E-state index in [-0.39, 0.29) is 28.8 Å². The first-order chi connectivity index (χ1) is 17.0. The molecule has 2 aromatic heterocycles. The van der Waals surface area contributed by atoms with Crippen LogP contribution < -0.4 is 10.9 Å². The van der Waals surface area contributed by atoms with Gasteiger partial charge in [-0.1, -0.05) is 45.2 Å². The summed E-state index contributed by atoms with van der Waals surface area (Å²) in [6, 6.07) is 0.159. The second-order valence-corrected chi connectivity index (χ2v) is 11.2. The van der Waals surface area contributed by atoms with Crippen LogP contribution in [0.4, 0.5) is 5.69 Å². The van der Waals surface area contributed by atoms with Crippen molar-refractivity contribution in [2.24, 2.45) is 12.5 Å². The van der Waals surface area contributed by atoms with E-state index in [1.54, 1.807) is 18.7 Å². The minimum atomic E-state index is -0.465. The number of hydrogen-bond donors (Lipinski definition) is 1. The van der Waals surface area contributed by atoms with Crippen molar-refractivity contribution in [2.75, 3.05) is 12.4 Å². The largest absolute Gasteiger partial charge is 0.501 e. The summed E-state index contributed by atoms with van der Waals surface area (Å²) in [7, 11) is 3.52. The number of rotatable bonds is 5. The summed E-state index contributed by atoms with van der Waals surface area (Å²) >= 11 is 0. The predicted molar refractivity (Wildman–Crippen MR) is 137 cm³/mol. The molecule has 0 radical (unpaired) electrons. The molecule has 198 valence electrons. The zero-order valence-corrected chi connectivity index (χ0v) is 22.6. The monoisotopic (exact) mass is 500 g/mol. The molecule has 2 aromatic rings. The van der Waals surface area contributed by atoms with Gasteiger partial charge in [0.15, 0.2) is 11.5 Å². The molecule has 1 N–H and O–H groups in total. The summed E-state index contributed by atoms with van der Waals surface area (Å²) in [4.78, 5) is 26.6. The van der Waals surface area contributed by atoms with Gasteiger partial charge in [-0.2, -0.15) is 0 Å². The number of ether oxygens (including phenoxy) is 2. The molecule has 1 aliphatic heterocycles. The van der Waals surface area contributed by atoms with Gasteiger partial charge in [-0.05, 0) is 44.6 Å². The Morgan fingerprint density at radius 1 is 1.19 bits per heavy atom. The lowest BCUT2D eigenvalue weighted by Crippen LogP contribution is -2.30. The van der Waals surface area contributed by atoms with Gasteiger partial charge in [-0.3, -0.25) is 14.3 Å². The number of nitrogens with zero attached hydrogens (tertiary/aromatic N) is 3. The molecule has 4 rings (SSSR count). The molecule has 36 heavy (non-hydrogen) atoms. The maximum absolute atomic E-state index is 13.3. The molecule has 0 bridgehead atoms. The Morgan fingerprint density at radius 2 is 1.89 bits per heavy atom. The summed E-state index contributed by atoms with van der Waals surface area (Å²) in [6.45, 7) is 10.1. The van der Waals surface area contributed by atoms with Gasteiger partial charge in [0.1, 0.15) is 11.8 Å². The average molecular weight is 501 g/mol. The highest BCUT2D eigenvalue weighted by molar-refractivity contribution is 6.04. The van der Waals surface area contributed by atoms with E-state index in [4.69, 9.17) is 14.0 Å². The van der Waals surface area contributed by atoms with Crippen LogP contribution in [-0.4, -0.2) is 33.6 Å². The normalized spacial score (nSPS) is 21.7. The fourth-order valence-electron chi connectivity index (χ4n) is 5.33. The van der Waals surface area contributed by atoms with Crippen molar-refractivity contribution in [2.45, 2.75) is 97.8 Å². The molecule has 0 aromatic carbocycles. The quantitative estimate of drug-likeness (QED) is 0.594. The van der Waals surface area contributed by atoms with Crippen LogP contribution in [-0.2, 0) is 16.5 Å². The number of carbonyl (C=O) groups excluding carboxylic acids is 1. The Labute approximate surface area is 212 Å². The van der Waals surface area contributed by atoms with Crippen molar-refractivity contribution >= 4 is 11.6 Å². The van der Waals surface area contributed by atoms with Gasteiger partial charge in [0.2, 0.25) is 0 Å². The van der Waals surface area contributed by atoms with Crippen LogP contribution in [0.15, 0.2) is 21.2 Å². The van der Waals surface area contributed by atoms with Crippen molar-refractivity contribution < 1.29 is 18.8 Å². The standard InChI is InChI=1S/C27H40N4O5/c1-16-22(29-36-24(16)20-15-19(34-7)13-14-21(35-20)27(3,4)5)25(32)28-23-17(2)30(6)31(26(23)33)18-11-9-8-10-12-18/h13,18,20-21H,8-12,14-15H2,1-7H3,(H,28,32)/t20-,21+/m0/s1. The van der Waals surface area contributed by atoms with E-state index >= 15 is 0 Å². The molecule has 2 aliphatic rings. The second-order valence-electron chi connectivity index (χ2n) is 11.2. The van der Waals surface area contributed by atoms with Gasteiger partial charge in [0.25, 0.3) is 11.5 Å². The van der Waals surface area contributed by atoms with Crippen molar-refractivity contribution in [1.29, 1.82) is 0 Å². The third-order valence-electron chi connectivity index (χ3n) is 7.72. The van der Waals surface area contributed by atoms with E-state index in [2.05, 4.69) is 37.3 Å². The molecule has 2 atom stereocenters. The van der Waals surface area contributed by atoms with E-state index in [9.17, 15) is 9.59 Å². The first-order valence-corrected chi connectivity index (χ1v) is 13.0. The highest BCUT2D eigenvalue weighted by Crippen LogP contribution is 2.38. The molecule has 0 spiro atoms. The maximum atomic E-state index is 13.3. The van der Waals surface area contributed by atoms with Gasteiger partial charge < -0.3 is 19.3 Å². The molecular weight excluding hydrogens is 460 g/mol. The van der Waals surface area contributed by atoms with Crippen LogP contribution >= 0.6 is 0 Å². The average Bonchev–Trinajstić information content (AvgIpc) is 3.20. The number of carbonyl (C=O) groups is 1. The predicted octanol–water partition coefficient (Wildman–Crippen LogP) is 5.35. The smallest absolute Gasteiger partial charge is 0.291 e. The van der Waals surface area contributed by atoms with E-state index in [1.165, 1.54) is 6.42 Å². The number of hydrogen-bond acceptors (Lipinski definition) is 6. The summed E-state index contributed by atoms with van der Waals surface area (Å²) in [5, 5.41) is 6.92. The van der Waals surface area contributed by atoms with E-state index in [0.29, 0.717) is 23.4 Å². The molecule has 0 saturated heterocycles. The zero-order chi connectivity index (χ0) is 26.2. The zero-order valence-electron chi connectivity index (χ0n) is 22.6. The minimum Gasteiger partial charge on any atom is -0.501 e. The van der Waals surface area contributed by atoms with Crippen LogP contribution in [0.2, 0.25) is 0 Å². The summed E-state index contributed by atoms with van der Waals surface area (Å²) in [5.41, 5.74) is 1.50. The summed E-state index contributed by atoms with van der Waals surface area (Å²) in [6.07, 6.45) is 8.18. The second kappa shape index (κ2) is 10.3. The Kier molecular flexibility index (Phi) is 7.50. The molecule has 0 unspecified atom stereocenters. The van der Waals surface area contributed by atoms with Crippen molar-refractivity contribution in [3.63, 3.8) is 0 Å². The Hall–Kier alpha value is -2.81. The van der Waals surface area contributed by atoms with Crippen molar-refractivity contribution in [3.8, 4) is 0 Å². The first kappa shape index (κ1) is 26.3. The Morgan fingerprint density at radius 3 is 2.53 bits per heavy atom. The van der Waals surface area contributed by atoms with Crippen LogP contribution in [0.3, 0.4) is 0 Å². The molecule has 9 heteroatoms. The number of nitrogens with one attached hydrogen (secondary N) is 1. The van der Waals surface area contributed by atoms with Gasteiger partial charge in [0.05, 0.1) is 30.7 Å². The third-order valence-corrected chi connectivity index (χ3v) is 7.72. The van der Waals surface area contributed by atoms with Crippen LogP contribution in [0, 0.1) is 19.3 Å². The molecule has 1 saturated carbocycles. The minimum absolute atomic E-state index is 0.0536. The lowest BCUT2D eigenvalue weighted by atomic mass is 9.87. The van der Waals surface area contributed by atoms with Crippen molar-refractivity contribution in [3.05, 3.63) is 44.9 Å². The third kappa shape index (κ3) is 5.03. The van der Waals surface area contributed by atoms with E-state index in [0.717, 1.165) is 43.6 Å². The van der Waals surface area contributed by atoms with Gasteiger partial charge >= 0.3 is 0 Å². The number of aromatic nitrogens is 3. The number of amides is 1. The lowest BCUT2D eigenvalue weighted by molar-refractivity contribution is -0.0735. The maximum Gasteiger partial charge on any atom is 0.291 e. The highest BCUT2D eigenvalue weighted by Gasteiger charge is 2.35. The molecular formula is C27H40N4O5. The summed E-state index contributed by atoms with van der Waals surface area (Å²) in [5.74, 6) is 0.855. The fourth-order valence-corrected chi connectivity index (χ4v) is 5.33. The molecule has 3 heterocycles. The van der Waals surface area contributed by atoms with E-state index < -0.39 is 12.0 Å². The van der Waals surface area contributed by atoms with Gasteiger partial charge in [-0.15, -0.1) is 0 Å². The SMILES string of the molecule is COC1=CC[C@H](C(C)(C)C)O[C@H](c2onc(C(=O)Nc3c(C)n(C)n(C4CCCCC4)c3=O)c2C)C1. The number of anilines is 1. The molecule has 1 amide bonds. The van der Waals surface area contributed by atoms with Gasteiger partial charge in [0, 0.05) is 19.0 Å². The fraction of sp³-hybridized carbons (Fsp3) is 0.667. The van der Waals surface area contributed by atoms with Crippen LogP contribution in [0.25, 0.3) is 0 Å². The molecule has 9 nitrogen and oxygen atoms in total. The molecule has 1 aliphatic carbocycles. The first-order valence-electron chi connectivity index (χ1n) is 13.0. The topological polar surface area (TPSA) is 101 Å². The van der Waals surface area contributed by atoms with Gasteiger partial charge in [-0.25, -0.2) is 4.68 Å². The van der Waals surface area contributed by atoms with Crippen LogP contribution in [0.1, 0.15) is 105 Å².